The second-order valence-electron chi connectivity index (χ2n) is 4.45. The second-order valence-corrected chi connectivity index (χ2v) is 5.23. The van der Waals surface area contributed by atoms with Crippen molar-refractivity contribution < 1.29 is 18.4 Å². The van der Waals surface area contributed by atoms with Gasteiger partial charge in [0.1, 0.15) is 16.9 Å². The number of halogens is 1. The highest BCUT2D eigenvalue weighted by Gasteiger charge is 2.20. The van der Waals surface area contributed by atoms with E-state index in [4.69, 9.17) is 19.3 Å². The number of primary amides is 1. The molecule has 0 aliphatic rings. The van der Waals surface area contributed by atoms with E-state index in [1.807, 2.05) is 0 Å². The number of carbonyl (C=O) groups excluding carboxylic acids is 1. The number of fused-ring (bicyclic) bond motifs is 1. The zero-order valence-corrected chi connectivity index (χ0v) is 12.8. The van der Waals surface area contributed by atoms with Gasteiger partial charge in [0, 0.05) is 0 Å². The Kier molecular flexibility index (Phi) is 3.72. The van der Waals surface area contributed by atoms with Crippen LogP contribution >= 0.6 is 15.9 Å². The van der Waals surface area contributed by atoms with E-state index in [0.717, 1.165) is 0 Å². The monoisotopic (exact) mass is 363 g/mol. The second kappa shape index (κ2) is 5.69. The quantitative estimate of drug-likeness (QED) is 0.768. The molecule has 1 amide bonds. The number of para-hydroxylation sites is 1. The largest absolute Gasteiger partial charge is 0.454 e. The fourth-order valence-electron chi connectivity index (χ4n) is 2.02. The number of hydrogen-bond acceptors (Lipinski definition) is 5. The smallest absolute Gasteiger partial charge is 0.300 e. The highest BCUT2D eigenvalue weighted by Crippen LogP contribution is 2.32. The Hall–Kier alpha value is -2.54. The number of ether oxygens (including phenoxy) is 1. The summed E-state index contributed by atoms with van der Waals surface area (Å²) in [6.45, 7) is -0.407. The van der Waals surface area contributed by atoms with Crippen LogP contribution in [0.3, 0.4) is 0 Å². The van der Waals surface area contributed by atoms with Crippen molar-refractivity contribution in [3.05, 3.63) is 51.3 Å². The third-order valence-electron chi connectivity index (χ3n) is 2.93. The molecule has 22 heavy (non-hydrogen) atoms. The molecule has 2 N–H and O–H groups in total. The molecule has 3 rings (SSSR count). The highest BCUT2D eigenvalue weighted by molar-refractivity contribution is 9.10. The van der Waals surface area contributed by atoms with Crippen LogP contribution < -0.4 is 15.9 Å². The van der Waals surface area contributed by atoms with E-state index in [-0.39, 0.29) is 22.7 Å². The number of rotatable bonds is 4. The molecule has 0 aliphatic carbocycles. The van der Waals surface area contributed by atoms with Crippen LogP contribution in [0.2, 0.25) is 0 Å². The van der Waals surface area contributed by atoms with Crippen LogP contribution in [0.1, 0.15) is 0 Å². The predicted octanol–water partition coefficient (Wildman–Crippen LogP) is 2.68. The summed E-state index contributed by atoms with van der Waals surface area (Å²) in [6, 6.07) is 9.97. The molecule has 0 atom stereocenters. The molecule has 0 aliphatic heterocycles. The first kappa shape index (κ1) is 14.4. The van der Waals surface area contributed by atoms with E-state index in [1.54, 1.807) is 36.4 Å². The van der Waals surface area contributed by atoms with Gasteiger partial charge in [-0.05, 0) is 40.2 Å². The molecule has 2 aromatic heterocycles. The Balaban J connectivity index is 2.25. The van der Waals surface area contributed by atoms with Crippen molar-refractivity contribution in [3.63, 3.8) is 0 Å². The molecule has 0 saturated carbocycles. The molecule has 2 heterocycles. The first-order valence-corrected chi connectivity index (χ1v) is 7.08. The predicted molar refractivity (Wildman–Crippen MR) is 82.6 cm³/mol. The summed E-state index contributed by atoms with van der Waals surface area (Å²) in [6.07, 6.45) is 0. The van der Waals surface area contributed by atoms with E-state index in [0.29, 0.717) is 15.6 Å². The fourth-order valence-corrected chi connectivity index (χ4v) is 2.33. The first-order chi connectivity index (χ1) is 10.6. The van der Waals surface area contributed by atoms with Crippen LogP contribution in [0.15, 0.2) is 54.7 Å². The lowest BCUT2D eigenvalue weighted by Crippen LogP contribution is -2.21. The van der Waals surface area contributed by atoms with Crippen LogP contribution in [0.4, 0.5) is 0 Å². The number of carbonyl (C=O) groups is 1. The van der Waals surface area contributed by atoms with Gasteiger partial charge >= 0.3 is 5.95 Å². The van der Waals surface area contributed by atoms with Crippen molar-refractivity contribution >= 4 is 32.8 Å². The van der Waals surface area contributed by atoms with Crippen molar-refractivity contribution in [1.82, 2.24) is 0 Å². The summed E-state index contributed by atoms with van der Waals surface area (Å²) in [5.41, 5.74) is 5.20. The average Bonchev–Trinajstić information content (AvgIpc) is 2.91. The van der Waals surface area contributed by atoms with Gasteiger partial charge in [-0.25, -0.2) is 0 Å². The van der Waals surface area contributed by atoms with Crippen LogP contribution in [0.25, 0.3) is 22.3 Å². The molecule has 6 nitrogen and oxygen atoms in total. The molecule has 1 aromatic carbocycles. The SMILES string of the molecule is NC(=O)COc1oc2ccccc2c(=O)c1-c1ccc(Br)o1. The Morgan fingerprint density at radius 3 is 2.64 bits per heavy atom. The van der Waals surface area contributed by atoms with Gasteiger partial charge in [-0.3, -0.25) is 9.59 Å². The van der Waals surface area contributed by atoms with E-state index in [1.165, 1.54) is 0 Å². The standard InChI is InChI=1S/C15H10BrNO5/c16-11-6-5-10(21-11)13-14(19)8-3-1-2-4-9(8)22-15(13)20-7-12(17)18/h1-6H,7H2,(H2,17,18). The molecule has 0 unspecified atom stereocenters. The summed E-state index contributed by atoms with van der Waals surface area (Å²) in [4.78, 5) is 23.6. The first-order valence-electron chi connectivity index (χ1n) is 6.29. The summed E-state index contributed by atoms with van der Waals surface area (Å²) >= 11 is 3.18. The van der Waals surface area contributed by atoms with Crippen molar-refractivity contribution in [2.45, 2.75) is 0 Å². The van der Waals surface area contributed by atoms with Gasteiger partial charge in [-0.2, -0.15) is 0 Å². The highest BCUT2D eigenvalue weighted by atomic mass is 79.9. The minimum atomic E-state index is -0.678. The summed E-state index contributed by atoms with van der Waals surface area (Å²) in [5.74, 6) is -0.516. The van der Waals surface area contributed by atoms with E-state index in [2.05, 4.69) is 15.9 Å². The topological polar surface area (TPSA) is 95.7 Å². The third-order valence-corrected chi connectivity index (χ3v) is 3.36. The molecule has 3 aromatic rings. The Labute approximate surface area is 132 Å². The van der Waals surface area contributed by atoms with Gasteiger partial charge in [0.25, 0.3) is 5.91 Å². The Morgan fingerprint density at radius 1 is 1.18 bits per heavy atom. The van der Waals surface area contributed by atoms with Gasteiger partial charge in [-0.15, -0.1) is 0 Å². The normalized spacial score (nSPS) is 10.8. The van der Waals surface area contributed by atoms with Crippen LogP contribution in [0, 0.1) is 0 Å². The maximum atomic E-state index is 12.7. The lowest BCUT2D eigenvalue weighted by Gasteiger charge is -2.08. The van der Waals surface area contributed by atoms with Gasteiger partial charge < -0.3 is 19.3 Å². The van der Waals surface area contributed by atoms with Gasteiger partial charge in [0.2, 0.25) is 5.43 Å². The van der Waals surface area contributed by atoms with E-state index < -0.39 is 12.5 Å². The van der Waals surface area contributed by atoms with Crippen molar-refractivity contribution in [2.75, 3.05) is 6.61 Å². The zero-order chi connectivity index (χ0) is 15.7. The van der Waals surface area contributed by atoms with E-state index >= 15 is 0 Å². The molecule has 7 heteroatoms. The lowest BCUT2D eigenvalue weighted by molar-refractivity contribution is -0.120. The Bertz CT molecular complexity index is 912. The summed E-state index contributed by atoms with van der Waals surface area (Å²) in [5, 5.41) is 0.386. The van der Waals surface area contributed by atoms with Crippen LogP contribution in [-0.2, 0) is 4.79 Å². The number of furan rings is 1. The van der Waals surface area contributed by atoms with Gasteiger partial charge in [0.15, 0.2) is 11.3 Å². The van der Waals surface area contributed by atoms with Crippen LogP contribution in [0.5, 0.6) is 5.95 Å². The van der Waals surface area contributed by atoms with Crippen molar-refractivity contribution in [1.29, 1.82) is 0 Å². The molecule has 0 fully saturated rings. The zero-order valence-electron chi connectivity index (χ0n) is 11.2. The fraction of sp³-hybridized carbons (Fsp3) is 0.0667. The van der Waals surface area contributed by atoms with Crippen LogP contribution in [-0.4, -0.2) is 12.5 Å². The minimum absolute atomic E-state index is 0.102. The number of benzene rings is 1. The molecule has 0 saturated heterocycles. The van der Waals surface area contributed by atoms with Gasteiger partial charge in [0.05, 0.1) is 5.39 Å². The van der Waals surface area contributed by atoms with Gasteiger partial charge in [-0.1, -0.05) is 12.1 Å². The number of amides is 1. The van der Waals surface area contributed by atoms with Crippen molar-refractivity contribution in [2.24, 2.45) is 5.73 Å². The number of nitrogens with two attached hydrogens (primary N) is 1. The summed E-state index contributed by atoms with van der Waals surface area (Å²) < 4.78 is 16.7. The number of hydrogen-bond donors (Lipinski definition) is 1. The Morgan fingerprint density at radius 2 is 1.95 bits per heavy atom. The molecule has 112 valence electrons. The minimum Gasteiger partial charge on any atom is -0.454 e. The maximum Gasteiger partial charge on any atom is 0.300 e. The van der Waals surface area contributed by atoms with E-state index in [9.17, 15) is 9.59 Å². The molecule has 0 radical (unpaired) electrons. The molecular formula is C15H10BrNO5. The molecule has 0 spiro atoms. The third kappa shape index (κ3) is 2.62. The average molecular weight is 364 g/mol. The molecular weight excluding hydrogens is 354 g/mol. The maximum absolute atomic E-state index is 12.7. The van der Waals surface area contributed by atoms with Crippen molar-refractivity contribution in [3.8, 4) is 17.3 Å². The molecule has 0 bridgehead atoms. The lowest BCUT2D eigenvalue weighted by atomic mass is 10.1. The summed E-state index contributed by atoms with van der Waals surface area (Å²) in [7, 11) is 0.